The van der Waals surface area contributed by atoms with Gasteiger partial charge in [0, 0.05) is 25.7 Å². The van der Waals surface area contributed by atoms with Crippen LogP contribution in [0.5, 0.6) is 0 Å². The molecule has 2 N–H and O–H groups in total. The fraction of sp³-hybridized carbons (Fsp3) is 0.227. The van der Waals surface area contributed by atoms with Crippen molar-refractivity contribution in [3.05, 3.63) is 99.5 Å². The van der Waals surface area contributed by atoms with Crippen LogP contribution in [-0.4, -0.2) is 22.6 Å². The molecule has 0 aliphatic carbocycles. The molecule has 0 saturated heterocycles. The van der Waals surface area contributed by atoms with Crippen LogP contribution in [-0.2, 0) is 13.1 Å². The Bertz CT molecular complexity index is 1050. The van der Waals surface area contributed by atoms with Crippen molar-refractivity contribution in [1.82, 2.24) is 9.88 Å². The zero-order valence-electron chi connectivity index (χ0n) is 16.0. The molecule has 7 nitrogen and oxygen atoms in total. The van der Waals surface area contributed by atoms with Gasteiger partial charge >= 0.3 is 5.69 Å². The molecule has 0 amide bonds. The Balaban J connectivity index is 1.59. The second kappa shape index (κ2) is 8.70. The molecule has 1 aromatic heterocycles. The van der Waals surface area contributed by atoms with E-state index in [9.17, 15) is 10.1 Å². The van der Waals surface area contributed by atoms with Gasteiger partial charge in [-0.15, -0.1) is 0 Å². The van der Waals surface area contributed by atoms with Crippen molar-refractivity contribution in [2.75, 3.05) is 18.4 Å². The smallest absolute Gasteiger partial charge is 0.309 e. The van der Waals surface area contributed by atoms with Gasteiger partial charge in [-0.05, 0) is 17.2 Å². The number of rotatable bonds is 7. The summed E-state index contributed by atoms with van der Waals surface area (Å²) in [6, 6.07) is 23.5. The van der Waals surface area contributed by atoms with E-state index in [0.29, 0.717) is 25.5 Å². The van der Waals surface area contributed by atoms with Gasteiger partial charge in [-0.1, -0.05) is 60.7 Å². The van der Waals surface area contributed by atoms with Crippen LogP contribution in [0.25, 0.3) is 0 Å². The van der Waals surface area contributed by atoms with Crippen LogP contribution in [0.15, 0.2) is 77.8 Å². The van der Waals surface area contributed by atoms with Gasteiger partial charge in [-0.25, -0.2) is 0 Å². The van der Waals surface area contributed by atoms with Crippen LogP contribution < -0.4 is 16.1 Å². The lowest BCUT2D eigenvalue weighted by Crippen LogP contribution is -2.31. The van der Waals surface area contributed by atoms with Gasteiger partial charge in [0.15, 0.2) is 5.82 Å². The summed E-state index contributed by atoms with van der Waals surface area (Å²) in [5.74, 6) is 0.524. The lowest BCUT2D eigenvalue weighted by Gasteiger charge is -2.15. The lowest BCUT2D eigenvalue weighted by atomic mass is 10.2. The summed E-state index contributed by atoms with van der Waals surface area (Å²) in [5.41, 5.74) is 3.13. The molecule has 0 saturated carbocycles. The Morgan fingerprint density at radius 2 is 1.72 bits per heavy atom. The van der Waals surface area contributed by atoms with Crippen molar-refractivity contribution in [3.63, 3.8) is 0 Å². The molecule has 0 fully saturated rings. The SMILES string of the molecule is O=[N+]([O-])c1ccc(=NCc2ccccc2)n2c1NCC2CNCc1ccccc1. The van der Waals surface area contributed by atoms with E-state index in [1.54, 1.807) is 6.07 Å². The standard InChI is InChI=1S/C22H23N5O2/c28-27(29)20-11-12-21(24-14-18-9-5-2-6-10-18)26-19(16-25-22(20)26)15-23-13-17-7-3-1-4-8-17/h1-12,19,23,25H,13-16H2. The van der Waals surface area contributed by atoms with Gasteiger partial charge in [0.2, 0.25) is 0 Å². The van der Waals surface area contributed by atoms with Gasteiger partial charge in [0.05, 0.1) is 17.5 Å². The van der Waals surface area contributed by atoms with E-state index in [4.69, 9.17) is 4.99 Å². The maximum absolute atomic E-state index is 11.5. The Morgan fingerprint density at radius 1 is 1.03 bits per heavy atom. The number of nitrogens with one attached hydrogen (secondary N) is 2. The number of fused-ring (bicyclic) bond motifs is 1. The molecule has 0 spiro atoms. The zero-order valence-corrected chi connectivity index (χ0v) is 16.0. The van der Waals surface area contributed by atoms with E-state index in [-0.39, 0.29) is 16.7 Å². The topological polar surface area (TPSA) is 84.5 Å². The van der Waals surface area contributed by atoms with E-state index in [2.05, 4.69) is 22.8 Å². The van der Waals surface area contributed by atoms with Crippen molar-refractivity contribution in [2.45, 2.75) is 19.1 Å². The number of nitro groups is 1. The Labute approximate surface area is 168 Å². The van der Waals surface area contributed by atoms with E-state index in [0.717, 1.165) is 17.6 Å². The number of hydrogen-bond acceptors (Lipinski definition) is 5. The molecular formula is C22H23N5O2. The first-order valence-electron chi connectivity index (χ1n) is 9.65. The third-order valence-corrected chi connectivity index (χ3v) is 5.01. The second-order valence-corrected chi connectivity index (χ2v) is 7.01. The van der Waals surface area contributed by atoms with E-state index >= 15 is 0 Å². The molecule has 29 heavy (non-hydrogen) atoms. The van der Waals surface area contributed by atoms with Crippen molar-refractivity contribution in [2.24, 2.45) is 4.99 Å². The molecule has 7 heteroatoms. The molecule has 0 bridgehead atoms. The van der Waals surface area contributed by atoms with Crippen LogP contribution in [0.1, 0.15) is 17.2 Å². The van der Waals surface area contributed by atoms with Gasteiger partial charge in [0.1, 0.15) is 5.49 Å². The molecule has 1 aliphatic rings. The molecule has 1 atom stereocenters. The minimum Gasteiger partial charge on any atom is -0.364 e. The van der Waals surface area contributed by atoms with E-state index < -0.39 is 0 Å². The van der Waals surface area contributed by atoms with E-state index in [1.165, 1.54) is 11.6 Å². The highest BCUT2D eigenvalue weighted by molar-refractivity contribution is 5.58. The fourth-order valence-electron chi connectivity index (χ4n) is 3.58. The normalized spacial score (nSPS) is 15.7. The second-order valence-electron chi connectivity index (χ2n) is 7.01. The number of hydrogen-bond donors (Lipinski definition) is 2. The van der Waals surface area contributed by atoms with Gasteiger partial charge in [-0.3, -0.25) is 15.1 Å². The lowest BCUT2D eigenvalue weighted by molar-refractivity contribution is -0.384. The number of anilines is 1. The first-order chi connectivity index (χ1) is 14.2. The molecule has 148 valence electrons. The predicted molar refractivity (Wildman–Crippen MR) is 112 cm³/mol. The first-order valence-corrected chi connectivity index (χ1v) is 9.65. The summed E-state index contributed by atoms with van der Waals surface area (Å²) in [7, 11) is 0. The average Bonchev–Trinajstić information content (AvgIpc) is 3.17. The Morgan fingerprint density at radius 3 is 2.41 bits per heavy atom. The average molecular weight is 389 g/mol. The monoisotopic (exact) mass is 389 g/mol. The minimum absolute atomic E-state index is 0.0446. The molecule has 1 aliphatic heterocycles. The largest absolute Gasteiger partial charge is 0.364 e. The number of pyridine rings is 1. The van der Waals surface area contributed by atoms with Gasteiger partial charge in [-0.2, -0.15) is 0 Å². The van der Waals surface area contributed by atoms with Crippen LogP contribution in [0.3, 0.4) is 0 Å². The van der Waals surface area contributed by atoms with Crippen LogP contribution in [0.2, 0.25) is 0 Å². The van der Waals surface area contributed by atoms with Crippen molar-refractivity contribution >= 4 is 11.5 Å². The van der Waals surface area contributed by atoms with Gasteiger partial charge < -0.3 is 15.2 Å². The molecule has 1 unspecified atom stereocenters. The van der Waals surface area contributed by atoms with Crippen LogP contribution in [0, 0.1) is 10.1 Å². The molecule has 4 rings (SSSR count). The molecule has 2 heterocycles. The summed E-state index contributed by atoms with van der Waals surface area (Å²) in [4.78, 5) is 15.9. The van der Waals surface area contributed by atoms with Crippen LogP contribution in [0.4, 0.5) is 11.5 Å². The van der Waals surface area contributed by atoms with Crippen molar-refractivity contribution in [3.8, 4) is 0 Å². The molecule has 2 aromatic carbocycles. The van der Waals surface area contributed by atoms with Crippen molar-refractivity contribution in [1.29, 1.82) is 0 Å². The summed E-state index contributed by atoms with van der Waals surface area (Å²) in [6.45, 7) is 2.59. The predicted octanol–water partition coefficient (Wildman–Crippen LogP) is 3.25. The highest BCUT2D eigenvalue weighted by Gasteiger charge is 2.28. The quantitative estimate of drug-likeness (QED) is 0.480. The number of benzene rings is 2. The van der Waals surface area contributed by atoms with E-state index in [1.807, 2.05) is 53.1 Å². The summed E-state index contributed by atoms with van der Waals surface area (Å²) in [6.07, 6.45) is 0. The summed E-state index contributed by atoms with van der Waals surface area (Å²) in [5, 5.41) is 18.1. The minimum atomic E-state index is -0.348. The molecule has 0 radical (unpaired) electrons. The maximum Gasteiger partial charge on any atom is 0.309 e. The van der Waals surface area contributed by atoms with Crippen LogP contribution >= 0.6 is 0 Å². The Hall–Kier alpha value is -3.45. The summed E-state index contributed by atoms with van der Waals surface area (Å²) >= 11 is 0. The third-order valence-electron chi connectivity index (χ3n) is 5.01. The fourth-order valence-corrected chi connectivity index (χ4v) is 3.58. The molecular weight excluding hydrogens is 366 g/mol. The maximum atomic E-state index is 11.5. The zero-order chi connectivity index (χ0) is 20.1. The third kappa shape index (κ3) is 4.35. The summed E-state index contributed by atoms with van der Waals surface area (Å²) < 4.78 is 1.96. The highest BCUT2D eigenvalue weighted by Crippen LogP contribution is 2.29. The van der Waals surface area contributed by atoms with Gasteiger partial charge in [0.25, 0.3) is 0 Å². The number of aromatic nitrogens is 1. The first kappa shape index (κ1) is 18.9. The van der Waals surface area contributed by atoms with Crippen molar-refractivity contribution < 1.29 is 4.92 Å². The number of nitrogens with zero attached hydrogens (tertiary/aromatic N) is 3. The molecule has 3 aromatic rings. The highest BCUT2D eigenvalue weighted by atomic mass is 16.6. The Kier molecular flexibility index (Phi) is 5.67.